The number of nitrogens with two attached hydrogens (primary N) is 1. The first-order valence-electron chi connectivity index (χ1n) is 5.18. The van der Waals surface area contributed by atoms with Crippen LogP contribution in [-0.4, -0.2) is 23.2 Å². The summed E-state index contributed by atoms with van der Waals surface area (Å²) in [6.07, 6.45) is 6.90. The van der Waals surface area contributed by atoms with Crippen molar-refractivity contribution < 1.29 is 4.74 Å². The van der Waals surface area contributed by atoms with Crippen molar-refractivity contribution in [1.82, 2.24) is 15.4 Å². The van der Waals surface area contributed by atoms with E-state index in [0.717, 1.165) is 31.7 Å². The summed E-state index contributed by atoms with van der Waals surface area (Å²) in [7, 11) is 0. The molecule has 15 heavy (non-hydrogen) atoms. The van der Waals surface area contributed by atoms with E-state index in [0.29, 0.717) is 0 Å². The molecule has 5 heteroatoms. The summed E-state index contributed by atoms with van der Waals surface area (Å²) >= 11 is 0. The average Bonchev–Trinajstić information content (AvgIpc) is 2.30. The van der Waals surface area contributed by atoms with Crippen LogP contribution in [0.15, 0.2) is 18.6 Å². The summed E-state index contributed by atoms with van der Waals surface area (Å²) in [6.45, 7) is 3.50. The van der Waals surface area contributed by atoms with Crippen LogP contribution in [0.3, 0.4) is 0 Å². The molecule has 0 aromatic carbocycles. The highest BCUT2D eigenvalue weighted by Crippen LogP contribution is 2.13. The van der Waals surface area contributed by atoms with Crippen molar-refractivity contribution in [3.63, 3.8) is 0 Å². The van der Waals surface area contributed by atoms with Crippen molar-refractivity contribution in [3.05, 3.63) is 24.3 Å². The van der Waals surface area contributed by atoms with Gasteiger partial charge in [0.2, 0.25) is 0 Å². The molecule has 0 spiro atoms. The largest absolute Gasteiger partial charge is 0.382 e. The van der Waals surface area contributed by atoms with Gasteiger partial charge in [-0.2, -0.15) is 0 Å². The minimum atomic E-state index is 0.0548. The smallest absolute Gasteiger partial charge is 0.0769 e. The maximum absolute atomic E-state index is 5.46. The van der Waals surface area contributed by atoms with E-state index < -0.39 is 0 Å². The molecule has 1 aromatic heterocycles. The van der Waals surface area contributed by atoms with Crippen LogP contribution < -0.4 is 11.3 Å². The first-order valence-corrected chi connectivity index (χ1v) is 5.18. The summed E-state index contributed by atoms with van der Waals surface area (Å²) < 4.78 is 5.26. The molecule has 0 aliphatic carbocycles. The Morgan fingerprint density at radius 1 is 1.53 bits per heavy atom. The molecule has 1 unspecified atom stereocenters. The van der Waals surface area contributed by atoms with E-state index in [1.54, 1.807) is 18.6 Å². The molecule has 0 aliphatic heterocycles. The van der Waals surface area contributed by atoms with Gasteiger partial charge < -0.3 is 4.74 Å². The third-order valence-corrected chi connectivity index (χ3v) is 2.13. The Morgan fingerprint density at radius 2 is 2.40 bits per heavy atom. The molecule has 0 saturated heterocycles. The van der Waals surface area contributed by atoms with Gasteiger partial charge in [-0.05, 0) is 19.8 Å². The lowest BCUT2D eigenvalue weighted by Crippen LogP contribution is -2.29. The Hall–Kier alpha value is -1.04. The normalized spacial score (nSPS) is 12.7. The number of nitrogens with one attached hydrogen (secondary N) is 1. The topological polar surface area (TPSA) is 73.1 Å². The van der Waals surface area contributed by atoms with Crippen LogP contribution in [0.1, 0.15) is 31.5 Å². The molecule has 1 aromatic rings. The van der Waals surface area contributed by atoms with Crippen LogP contribution in [0.5, 0.6) is 0 Å². The van der Waals surface area contributed by atoms with Crippen LogP contribution in [0.4, 0.5) is 0 Å². The Bertz CT molecular complexity index is 255. The Kier molecular flexibility index (Phi) is 5.84. The second-order valence-corrected chi connectivity index (χ2v) is 3.19. The van der Waals surface area contributed by atoms with Gasteiger partial charge >= 0.3 is 0 Å². The monoisotopic (exact) mass is 210 g/mol. The van der Waals surface area contributed by atoms with Crippen LogP contribution in [0, 0.1) is 0 Å². The molecule has 1 atom stereocenters. The Labute approximate surface area is 90.0 Å². The summed E-state index contributed by atoms with van der Waals surface area (Å²) in [5, 5.41) is 0. The maximum atomic E-state index is 5.46. The van der Waals surface area contributed by atoms with Gasteiger partial charge in [0.15, 0.2) is 0 Å². The minimum absolute atomic E-state index is 0.0548. The summed E-state index contributed by atoms with van der Waals surface area (Å²) in [5.74, 6) is 5.46. The molecule has 1 rings (SSSR count). The predicted octanol–water partition coefficient (Wildman–Crippen LogP) is 0.798. The molecule has 0 saturated carbocycles. The molecule has 0 amide bonds. The second-order valence-electron chi connectivity index (χ2n) is 3.19. The molecular weight excluding hydrogens is 192 g/mol. The summed E-state index contributed by atoms with van der Waals surface area (Å²) in [5.41, 5.74) is 3.61. The lowest BCUT2D eigenvalue weighted by Gasteiger charge is -2.14. The Balaban J connectivity index is 2.36. The second kappa shape index (κ2) is 7.28. The SMILES string of the molecule is CCOCCCC(NN)c1cnccn1. The van der Waals surface area contributed by atoms with Crippen molar-refractivity contribution in [3.8, 4) is 0 Å². The van der Waals surface area contributed by atoms with Gasteiger partial charge in [0, 0.05) is 25.6 Å². The number of hydrogen-bond donors (Lipinski definition) is 2. The molecule has 3 N–H and O–H groups in total. The fraction of sp³-hybridized carbons (Fsp3) is 0.600. The van der Waals surface area contributed by atoms with Gasteiger partial charge in [0.25, 0.3) is 0 Å². The first kappa shape index (κ1) is 12.0. The van der Waals surface area contributed by atoms with Gasteiger partial charge in [-0.1, -0.05) is 0 Å². The number of nitrogens with zero attached hydrogens (tertiary/aromatic N) is 2. The fourth-order valence-corrected chi connectivity index (χ4v) is 1.34. The van der Waals surface area contributed by atoms with Crippen molar-refractivity contribution >= 4 is 0 Å². The maximum Gasteiger partial charge on any atom is 0.0769 e. The summed E-state index contributed by atoms with van der Waals surface area (Å²) in [6, 6.07) is 0.0548. The van der Waals surface area contributed by atoms with E-state index >= 15 is 0 Å². The van der Waals surface area contributed by atoms with Crippen molar-refractivity contribution in [2.75, 3.05) is 13.2 Å². The van der Waals surface area contributed by atoms with E-state index in [9.17, 15) is 0 Å². The third kappa shape index (κ3) is 4.33. The Morgan fingerprint density at radius 3 is 3.00 bits per heavy atom. The van der Waals surface area contributed by atoms with Crippen molar-refractivity contribution in [2.24, 2.45) is 5.84 Å². The highest BCUT2D eigenvalue weighted by atomic mass is 16.5. The number of aromatic nitrogens is 2. The van der Waals surface area contributed by atoms with Gasteiger partial charge in [0.05, 0.1) is 17.9 Å². The number of rotatable bonds is 7. The van der Waals surface area contributed by atoms with E-state index in [1.807, 2.05) is 6.92 Å². The zero-order chi connectivity index (χ0) is 10.9. The molecule has 84 valence electrons. The van der Waals surface area contributed by atoms with Crippen molar-refractivity contribution in [1.29, 1.82) is 0 Å². The molecule has 0 aliphatic rings. The number of hydrogen-bond acceptors (Lipinski definition) is 5. The van der Waals surface area contributed by atoms with Crippen LogP contribution >= 0.6 is 0 Å². The lowest BCUT2D eigenvalue weighted by molar-refractivity contribution is 0.140. The molecule has 5 nitrogen and oxygen atoms in total. The molecule has 0 fully saturated rings. The van der Waals surface area contributed by atoms with E-state index in [4.69, 9.17) is 10.6 Å². The number of hydrazine groups is 1. The number of ether oxygens (including phenoxy) is 1. The molecule has 0 bridgehead atoms. The highest BCUT2D eigenvalue weighted by molar-refractivity contribution is 5.01. The van der Waals surface area contributed by atoms with Crippen LogP contribution in [-0.2, 0) is 4.74 Å². The zero-order valence-electron chi connectivity index (χ0n) is 9.02. The molecule has 0 radical (unpaired) electrons. The standard InChI is InChI=1S/C10H18N4O/c1-2-15-7-3-4-9(14-11)10-8-12-5-6-13-10/h5-6,8-9,14H,2-4,7,11H2,1H3. The van der Waals surface area contributed by atoms with E-state index in [1.165, 1.54) is 0 Å². The quantitative estimate of drug-likeness (QED) is 0.395. The van der Waals surface area contributed by atoms with Crippen LogP contribution in [0.2, 0.25) is 0 Å². The van der Waals surface area contributed by atoms with Gasteiger partial charge in [-0.25, -0.2) is 0 Å². The van der Waals surface area contributed by atoms with Gasteiger partial charge in [0.1, 0.15) is 0 Å². The molecule has 1 heterocycles. The van der Waals surface area contributed by atoms with Crippen LogP contribution in [0.25, 0.3) is 0 Å². The molecular formula is C10H18N4O. The van der Waals surface area contributed by atoms with E-state index in [-0.39, 0.29) is 6.04 Å². The average molecular weight is 210 g/mol. The summed E-state index contributed by atoms with van der Waals surface area (Å²) in [4.78, 5) is 8.21. The van der Waals surface area contributed by atoms with Crippen molar-refractivity contribution in [2.45, 2.75) is 25.8 Å². The minimum Gasteiger partial charge on any atom is -0.382 e. The highest BCUT2D eigenvalue weighted by Gasteiger charge is 2.10. The zero-order valence-corrected chi connectivity index (χ0v) is 9.02. The lowest BCUT2D eigenvalue weighted by atomic mass is 10.1. The van der Waals surface area contributed by atoms with Gasteiger partial charge in [-0.3, -0.25) is 21.2 Å². The fourth-order valence-electron chi connectivity index (χ4n) is 1.34. The predicted molar refractivity (Wildman–Crippen MR) is 57.8 cm³/mol. The van der Waals surface area contributed by atoms with Gasteiger partial charge in [-0.15, -0.1) is 0 Å². The van der Waals surface area contributed by atoms with E-state index in [2.05, 4.69) is 15.4 Å². The first-order chi connectivity index (χ1) is 7.38. The third-order valence-electron chi connectivity index (χ3n) is 2.13.